The van der Waals surface area contributed by atoms with E-state index in [4.69, 9.17) is 0 Å². The molecular weight excluding hydrogens is 288 g/mol. The number of anilines is 1. The molecule has 1 unspecified atom stereocenters. The van der Waals surface area contributed by atoms with Gasteiger partial charge in [0.25, 0.3) is 0 Å². The van der Waals surface area contributed by atoms with E-state index < -0.39 is 10.0 Å². The van der Waals surface area contributed by atoms with Gasteiger partial charge in [-0.1, -0.05) is 0 Å². The van der Waals surface area contributed by atoms with Gasteiger partial charge in [0.15, 0.2) is 0 Å². The second-order valence-electron chi connectivity index (χ2n) is 5.90. The molecule has 5 nitrogen and oxygen atoms in total. The molecule has 2 aliphatic heterocycles. The van der Waals surface area contributed by atoms with E-state index in [1.165, 1.54) is 4.31 Å². The molecule has 1 aromatic carbocycles. The van der Waals surface area contributed by atoms with Gasteiger partial charge in [0.2, 0.25) is 10.0 Å². The molecule has 3 rings (SSSR count). The lowest BCUT2D eigenvalue weighted by Gasteiger charge is -2.31. The number of aliphatic hydroxyl groups excluding tert-OH is 1. The van der Waals surface area contributed by atoms with E-state index in [0.717, 1.165) is 43.5 Å². The lowest BCUT2D eigenvalue weighted by Crippen LogP contribution is -2.40. The van der Waals surface area contributed by atoms with Crippen LogP contribution in [0.4, 0.5) is 5.69 Å². The Balaban J connectivity index is 1.87. The van der Waals surface area contributed by atoms with Gasteiger partial charge in [-0.3, -0.25) is 0 Å². The summed E-state index contributed by atoms with van der Waals surface area (Å²) in [5.41, 5.74) is 2.13. The minimum Gasteiger partial charge on any atom is -0.396 e. The number of aryl methyl sites for hydroxylation is 1. The Morgan fingerprint density at radius 1 is 1.33 bits per heavy atom. The number of nitrogens with zero attached hydrogens (tertiary/aromatic N) is 1. The van der Waals surface area contributed by atoms with Crippen molar-refractivity contribution in [2.75, 3.05) is 31.6 Å². The summed E-state index contributed by atoms with van der Waals surface area (Å²) in [6.45, 7) is 1.98. The highest BCUT2D eigenvalue weighted by Gasteiger charge is 2.30. The predicted molar refractivity (Wildman–Crippen MR) is 81.8 cm³/mol. The van der Waals surface area contributed by atoms with Crippen LogP contribution in [0.25, 0.3) is 0 Å². The monoisotopic (exact) mass is 310 g/mol. The molecule has 0 aromatic heterocycles. The highest BCUT2D eigenvalue weighted by molar-refractivity contribution is 7.89. The Labute approximate surface area is 126 Å². The van der Waals surface area contributed by atoms with Crippen molar-refractivity contribution in [2.45, 2.75) is 30.6 Å². The van der Waals surface area contributed by atoms with E-state index >= 15 is 0 Å². The topological polar surface area (TPSA) is 69.6 Å². The van der Waals surface area contributed by atoms with Gasteiger partial charge in [0.1, 0.15) is 0 Å². The van der Waals surface area contributed by atoms with Crippen molar-refractivity contribution in [2.24, 2.45) is 5.92 Å². The average Bonchev–Trinajstić information content (AvgIpc) is 2.54. The van der Waals surface area contributed by atoms with Gasteiger partial charge in [-0.05, 0) is 55.4 Å². The summed E-state index contributed by atoms with van der Waals surface area (Å²) in [6.07, 6.45) is 3.67. The second-order valence-corrected chi connectivity index (χ2v) is 7.84. The molecule has 1 atom stereocenters. The van der Waals surface area contributed by atoms with Crippen molar-refractivity contribution >= 4 is 15.7 Å². The summed E-state index contributed by atoms with van der Waals surface area (Å²) in [5, 5.41) is 12.6. The summed E-state index contributed by atoms with van der Waals surface area (Å²) >= 11 is 0. The van der Waals surface area contributed by atoms with Crippen LogP contribution >= 0.6 is 0 Å². The van der Waals surface area contributed by atoms with Crippen LogP contribution in [-0.2, 0) is 16.4 Å². The Hall–Kier alpha value is -1.11. The lowest BCUT2D eigenvalue weighted by molar-refractivity contribution is 0.165. The van der Waals surface area contributed by atoms with Crippen LogP contribution in [0.5, 0.6) is 0 Å². The number of rotatable bonds is 3. The van der Waals surface area contributed by atoms with Crippen LogP contribution in [0.1, 0.15) is 24.8 Å². The highest BCUT2D eigenvalue weighted by atomic mass is 32.2. The smallest absolute Gasteiger partial charge is 0.243 e. The summed E-state index contributed by atoms with van der Waals surface area (Å²) in [6, 6.07) is 5.36. The zero-order valence-corrected chi connectivity index (χ0v) is 12.9. The van der Waals surface area contributed by atoms with Gasteiger partial charge in [0, 0.05) is 31.9 Å². The van der Waals surface area contributed by atoms with E-state index in [-0.39, 0.29) is 12.5 Å². The summed E-state index contributed by atoms with van der Waals surface area (Å²) < 4.78 is 27.0. The predicted octanol–water partition coefficient (Wildman–Crippen LogP) is 1.44. The van der Waals surface area contributed by atoms with Crippen molar-refractivity contribution in [3.8, 4) is 0 Å². The fourth-order valence-electron chi connectivity index (χ4n) is 3.16. The largest absolute Gasteiger partial charge is 0.396 e. The van der Waals surface area contributed by atoms with Crippen LogP contribution in [0, 0.1) is 5.92 Å². The molecule has 0 aliphatic carbocycles. The fourth-order valence-corrected chi connectivity index (χ4v) is 4.76. The van der Waals surface area contributed by atoms with Gasteiger partial charge >= 0.3 is 0 Å². The Bertz CT molecular complexity index is 615. The number of aliphatic hydroxyl groups is 1. The van der Waals surface area contributed by atoms with Crippen LogP contribution in [0.2, 0.25) is 0 Å². The first-order valence-electron chi connectivity index (χ1n) is 7.59. The Kier molecular flexibility index (Phi) is 4.19. The maximum absolute atomic E-state index is 12.8. The lowest BCUT2D eigenvalue weighted by atomic mass is 10.0. The van der Waals surface area contributed by atoms with Crippen molar-refractivity contribution in [3.63, 3.8) is 0 Å². The number of sulfonamides is 1. The zero-order valence-electron chi connectivity index (χ0n) is 12.1. The molecule has 1 saturated heterocycles. The molecule has 0 saturated carbocycles. The third kappa shape index (κ3) is 2.93. The van der Waals surface area contributed by atoms with E-state index in [9.17, 15) is 13.5 Å². The maximum atomic E-state index is 12.8. The number of hydrogen-bond acceptors (Lipinski definition) is 4. The number of piperidine rings is 1. The van der Waals surface area contributed by atoms with Crippen LogP contribution in [0.3, 0.4) is 0 Å². The molecule has 116 valence electrons. The first-order valence-corrected chi connectivity index (χ1v) is 9.03. The first kappa shape index (κ1) is 14.8. The Morgan fingerprint density at radius 3 is 3.00 bits per heavy atom. The molecule has 1 fully saturated rings. The zero-order chi connectivity index (χ0) is 14.9. The van der Waals surface area contributed by atoms with Crippen molar-refractivity contribution in [3.05, 3.63) is 23.8 Å². The summed E-state index contributed by atoms with van der Waals surface area (Å²) in [5.74, 6) is 0.0628. The molecule has 2 aliphatic rings. The molecule has 1 aromatic rings. The molecule has 0 amide bonds. The van der Waals surface area contributed by atoms with E-state index in [0.29, 0.717) is 18.0 Å². The third-order valence-electron chi connectivity index (χ3n) is 4.39. The van der Waals surface area contributed by atoms with Gasteiger partial charge in [-0.25, -0.2) is 8.42 Å². The minimum absolute atomic E-state index is 0.0557. The molecule has 2 N–H and O–H groups in total. The quantitative estimate of drug-likeness (QED) is 0.886. The number of fused-ring (bicyclic) bond motifs is 1. The highest BCUT2D eigenvalue weighted by Crippen LogP contribution is 2.28. The van der Waals surface area contributed by atoms with Crippen molar-refractivity contribution in [1.82, 2.24) is 4.31 Å². The van der Waals surface area contributed by atoms with Gasteiger partial charge in [-0.2, -0.15) is 4.31 Å². The molecule has 2 heterocycles. The summed E-state index contributed by atoms with van der Waals surface area (Å²) in [4.78, 5) is 0.378. The fraction of sp³-hybridized carbons (Fsp3) is 0.600. The van der Waals surface area contributed by atoms with E-state index in [1.807, 2.05) is 6.07 Å². The maximum Gasteiger partial charge on any atom is 0.243 e. The average molecular weight is 310 g/mol. The number of hydrogen-bond donors (Lipinski definition) is 2. The van der Waals surface area contributed by atoms with E-state index in [1.54, 1.807) is 12.1 Å². The molecular formula is C15H22N2O3S. The SMILES string of the molecule is O=S(=O)(c1ccc2c(c1)CCCN2)N1CCCC(CO)C1. The van der Waals surface area contributed by atoms with Crippen LogP contribution in [-0.4, -0.2) is 44.1 Å². The molecule has 21 heavy (non-hydrogen) atoms. The van der Waals surface area contributed by atoms with Crippen molar-refractivity contribution < 1.29 is 13.5 Å². The van der Waals surface area contributed by atoms with Crippen LogP contribution in [0.15, 0.2) is 23.1 Å². The molecule has 6 heteroatoms. The molecule has 0 radical (unpaired) electrons. The van der Waals surface area contributed by atoms with Crippen molar-refractivity contribution in [1.29, 1.82) is 0 Å². The molecule has 0 bridgehead atoms. The second kappa shape index (κ2) is 5.94. The van der Waals surface area contributed by atoms with Crippen LogP contribution < -0.4 is 5.32 Å². The Morgan fingerprint density at radius 2 is 2.19 bits per heavy atom. The first-order chi connectivity index (χ1) is 10.1. The van der Waals surface area contributed by atoms with Gasteiger partial charge in [-0.15, -0.1) is 0 Å². The third-order valence-corrected chi connectivity index (χ3v) is 6.25. The normalized spacial score (nSPS) is 23.4. The standard InChI is InChI=1S/C15H22N2O3S/c18-11-12-3-2-8-17(10-12)21(19,20)14-5-6-15-13(9-14)4-1-7-16-15/h5-6,9,12,16,18H,1-4,7-8,10-11H2. The minimum atomic E-state index is -3.44. The van der Waals surface area contributed by atoms with E-state index in [2.05, 4.69) is 5.32 Å². The van der Waals surface area contributed by atoms with Gasteiger partial charge in [0.05, 0.1) is 4.90 Å². The molecule has 0 spiro atoms. The van der Waals surface area contributed by atoms with Gasteiger partial charge < -0.3 is 10.4 Å². The number of nitrogens with one attached hydrogen (secondary N) is 1. The summed E-state index contributed by atoms with van der Waals surface area (Å²) in [7, 11) is -3.44. The number of benzene rings is 1.